The van der Waals surface area contributed by atoms with Crippen LogP contribution in [0.4, 0.5) is 5.69 Å². The summed E-state index contributed by atoms with van der Waals surface area (Å²) in [6, 6.07) is 7.84. The molecule has 2 heteroatoms. The molecule has 1 aromatic carbocycles. The van der Waals surface area contributed by atoms with Gasteiger partial charge in [0, 0.05) is 24.3 Å². The second-order valence-electron chi connectivity index (χ2n) is 4.40. The molecule has 0 N–H and O–H groups in total. The molecule has 0 aromatic heterocycles. The van der Waals surface area contributed by atoms with Crippen molar-refractivity contribution >= 4 is 12.0 Å². The predicted molar refractivity (Wildman–Crippen MR) is 73.8 cm³/mol. The number of rotatable bonds is 7. The first-order chi connectivity index (χ1) is 8.26. The maximum absolute atomic E-state index is 11.0. The number of para-hydroxylation sites is 1. The highest BCUT2D eigenvalue weighted by atomic mass is 16.1. The minimum absolute atomic E-state index is 0.703. The molecule has 0 atom stereocenters. The molecule has 0 aliphatic heterocycles. The third-order valence-electron chi connectivity index (χ3n) is 3.42. The Labute approximate surface area is 105 Å². The quantitative estimate of drug-likeness (QED) is 0.668. The lowest BCUT2D eigenvalue weighted by molar-refractivity contribution is 0.112. The van der Waals surface area contributed by atoms with Crippen molar-refractivity contribution in [2.45, 2.75) is 33.6 Å². The summed E-state index contributed by atoms with van der Waals surface area (Å²) < 4.78 is 0. The molecule has 0 saturated carbocycles. The molecule has 17 heavy (non-hydrogen) atoms. The molecule has 0 fully saturated rings. The molecule has 2 nitrogen and oxygen atoms in total. The van der Waals surface area contributed by atoms with E-state index in [0.29, 0.717) is 5.92 Å². The number of benzene rings is 1. The average molecular weight is 233 g/mol. The largest absolute Gasteiger partial charge is 0.371 e. The lowest BCUT2D eigenvalue weighted by atomic mass is 10.0. The summed E-state index contributed by atoms with van der Waals surface area (Å²) in [5.74, 6) is 0.703. The highest BCUT2D eigenvalue weighted by molar-refractivity contribution is 5.84. The van der Waals surface area contributed by atoms with Crippen molar-refractivity contribution in [3.8, 4) is 0 Å². The summed E-state index contributed by atoms with van der Waals surface area (Å²) in [6.07, 6.45) is 3.33. The summed E-state index contributed by atoms with van der Waals surface area (Å²) >= 11 is 0. The average Bonchev–Trinajstić information content (AvgIpc) is 2.40. The molecule has 0 heterocycles. The highest BCUT2D eigenvalue weighted by Crippen LogP contribution is 2.21. The van der Waals surface area contributed by atoms with Crippen LogP contribution in [0.2, 0.25) is 0 Å². The monoisotopic (exact) mass is 233 g/mol. The first-order valence-corrected chi connectivity index (χ1v) is 6.55. The van der Waals surface area contributed by atoms with Gasteiger partial charge in [-0.25, -0.2) is 0 Å². The van der Waals surface area contributed by atoms with E-state index < -0.39 is 0 Å². The van der Waals surface area contributed by atoms with Gasteiger partial charge in [0.1, 0.15) is 0 Å². The van der Waals surface area contributed by atoms with Gasteiger partial charge in [-0.2, -0.15) is 0 Å². The van der Waals surface area contributed by atoms with E-state index in [4.69, 9.17) is 0 Å². The topological polar surface area (TPSA) is 20.3 Å². The Hall–Kier alpha value is -1.31. The van der Waals surface area contributed by atoms with Crippen LogP contribution in [0.3, 0.4) is 0 Å². The third-order valence-corrected chi connectivity index (χ3v) is 3.42. The maximum atomic E-state index is 11.0. The zero-order valence-electron chi connectivity index (χ0n) is 11.1. The van der Waals surface area contributed by atoms with E-state index in [1.165, 1.54) is 12.8 Å². The van der Waals surface area contributed by atoms with Gasteiger partial charge in [-0.1, -0.05) is 38.8 Å². The molecule has 0 bridgehead atoms. The van der Waals surface area contributed by atoms with E-state index in [1.807, 2.05) is 24.3 Å². The van der Waals surface area contributed by atoms with Crippen molar-refractivity contribution in [3.63, 3.8) is 0 Å². The summed E-state index contributed by atoms with van der Waals surface area (Å²) in [5, 5.41) is 0. The van der Waals surface area contributed by atoms with Crippen LogP contribution < -0.4 is 4.90 Å². The van der Waals surface area contributed by atoms with Crippen molar-refractivity contribution in [1.29, 1.82) is 0 Å². The van der Waals surface area contributed by atoms with Gasteiger partial charge in [0.05, 0.1) is 0 Å². The molecule has 1 aromatic rings. The van der Waals surface area contributed by atoms with Gasteiger partial charge in [-0.3, -0.25) is 4.79 Å². The van der Waals surface area contributed by atoms with Gasteiger partial charge < -0.3 is 4.90 Å². The summed E-state index contributed by atoms with van der Waals surface area (Å²) in [6.45, 7) is 8.58. The maximum Gasteiger partial charge on any atom is 0.152 e. The van der Waals surface area contributed by atoms with Crippen LogP contribution in [-0.2, 0) is 0 Å². The molecule has 0 radical (unpaired) electrons. The number of carbonyl (C=O) groups is 1. The first-order valence-electron chi connectivity index (χ1n) is 6.55. The van der Waals surface area contributed by atoms with Crippen molar-refractivity contribution < 1.29 is 4.79 Å². The van der Waals surface area contributed by atoms with Crippen LogP contribution in [-0.4, -0.2) is 19.4 Å². The van der Waals surface area contributed by atoms with Gasteiger partial charge in [-0.15, -0.1) is 0 Å². The smallest absolute Gasteiger partial charge is 0.152 e. The van der Waals surface area contributed by atoms with Crippen LogP contribution in [0.15, 0.2) is 24.3 Å². The Morgan fingerprint density at radius 3 is 2.35 bits per heavy atom. The fourth-order valence-electron chi connectivity index (χ4n) is 2.13. The van der Waals surface area contributed by atoms with Crippen molar-refractivity contribution in [2.75, 3.05) is 18.0 Å². The molecule has 0 amide bonds. The molecular weight excluding hydrogens is 210 g/mol. The van der Waals surface area contributed by atoms with Crippen molar-refractivity contribution in [3.05, 3.63) is 29.8 Å². The van der Waals surface area contributed by atoms with E-state index in [9.17, 15) is 4.79 Å². The molecule has 1 rings (SSSR count). The number of carbonyl (C=O) groups excluding carboxylic acids is 1. The lowest BCUT2D eigenvalue weighted by Crippen LogP contribution is -2.29. The molecule has 94 valence electrons. The minimum atomic E-state index is 0.703. The van der Waals surface area contributed by atoms with E-state index >= 15 is 0 Å². The summed E-state index contributed by atoms with van der Waals surface area (Å²) in [5.41, 5.74) is 1.86. The van der Waals surface area contributed by atoms with Gasteiger partial charge >= 0.3 is 0 Å². The normalized spacial score (nSPS) is 10.6. The highest BCUT2D eigenvalue weighted by Gasteiger charge is 2.13. The van der Waals surface area contributed by atoms with Crippen LogP contribution in [0, 0.1) is 5.92 Å². The molecule has 0 aliphatic rings. The zero-order chi connectivity index (χ0) is 12.7. The molecule has 0 saturated heterocycles. The Balaban J connectivity index is 2.89. The van der Waals surface area contributed by atoms with Crippen LogP contribution in [0.1, 0.15) is 44.0 Å². The summed E-state index contributed by atoms with van der Waals surface area (Å²) in [7, 11) is 0. The second-order valence-corrected chi connectivity index (χ2v) is 4.40. The number of hydrogen-bond donors (Lipinski definition) is 0. The Morgan fingerprint density at radius 2 is 1.82 bits per heavy atom. The number of hydrogen-bond acceptors (Lipinski definition) is 2. The Bertz CT molecular complexity index is 345. The number of anilines is 1. The fourth-order valence-corrected chi connectivity index (χ4v) is 2.13. The van der Waals surface area contributed by atoms with Crippen LogP contribution in [0.5, 0.6) is 0 Å². The van der Waals surface area contributed by atoms with E-state index in [2.05, 4.69) is 25.7 Å². The molecular formula is C15H23NO. The second kappa shape index (κ2) is 7.10. The van der Waals surface area contributed by atoms with Gasteiger partial charge in [0.25, 0.3) is 0 Å². The molecule has 0 aliphatic carbocycles. The van der Waals surface area contributed by atoms with Crippen LogP contribution in [0.25, 0.3) is 0 Å². The lowest BCUT2D eigenvalue weighted by Gasteiger charge is -2.28. The Kier molecular flexibility index (Phi) is 5.75. The summed E-state index contributed by atoms with van der Waals surface area (Å²) in [4.78, 5) is 13.4. The first kappa shape index (κ1) is 13.8. The van der Waals surface area contributed by atoms with Gasteiger partial charge in [-0.05, 0) is 25.0 Å². The minimum Gasteiger partial charge on any atom is -0.371 e. The molecule has 0 unspecified atom stereocenters. The van der Waals surface area contributed by atoms with E-state index in [0.717, 1.165) is 30.6 Å². The molecule has 0 spiro atoms. The van der Waals surface area contributed by atoms with Crippen molar-refractivity contribution in [1.82, 2.24) is 0 Å². The fraction of sp³-hybridized carbons (Fsp3) is 0.533. The standard InChI is InChI=1S/C15H23NO/c1-4-13(5-2)11-16(6-3)15-10-8-7-9-14(15)12-17/h7-10,12-13H,4-6,11H2,1-3H3. The third kappa shape index (κ3) is 3.58. The van der Waals surface area contributed by atoms with Gasteiger partial charge in [0.15, 0.2) is 6.29 Å². The van der Waals surface area contributed by atoms with Crippen LogP contribution >= 0.6 is 0 Å². The van der Waals surface area contributed by atoms with Crippen molar-refractivity contribution in [2.24, 2.45) is 5.92 Å². The SMILES string of the molecule is CCC(CC)CN(CC)c1ccccc1C=O. The number of aldehydes is 1. The Morgan fingerprint density at radius 1 is 1.18 bits per heavy atom. The van der Waals surface area contributed by atoms with E-state index in [-0.39, 0.29) is 0 Å². The van der Waals surface area contributed by atoms with Gasteiger partial charge in [0.2, 0.25) is 0 Å². The number of nitrogens with zero attached hydrogens (tertiary/aromatic N) is 1. The zero-order valence-corrected chi connectivity index (χ0v) is 11.1. The van der Waals surface area contributed by atoms with E-state index in [1.54, 1.807) is 0 Å². The predicted octanol–water partition coefficient (Wildman–Crippen LogP) is 3.76.